The molecule has 1 aliphatic rings. The third-order valence-electron chi connectivity index (χ3n) is 4.50. The Morgan fingerprint density at radius 1 is 1.26 bits per heavy atom. The molecule has 1 N–H and O–H groups in total. The van der Waals surface area contributed by atoms with Crippen LogP contribution in [0, 0.1) is 17.3 Å². The molecular weight excluding hydrogens is 238 g/mol. The average molecular weight is 269 g/mol. The molecule has 0 aromatic heterocycles. The fourth-order valence-corrected chi connectivity index (χ4v) is 2.83. The van der Waals surface area contributed by atoms with Crippen LogP contribution >= 0.6 is 0 Å². The molecule has 1 unspecified atom stereocenters. The summed E-state index contributed by atoms with van der Waals surface area (Å²) in [5.74, 6) is 0.767. The molecule has 1 fully saturated rings. The predicted molar refractivity (Wildman–Crippen MR) is 79.3 cm³/mol. The van der Waals surface area contributed by atoms with Crippen molar-refractivity contribution in [2.75, 3.05) is 19.6 Å². The summed E-state index contributed by atoms with van der Waals surface area (Å²) in [6.07, 6.45) is 4.67. The van der Waals surface area contributed by atoms with Gasteiger partial charge in [0.1, 0.15) is 0 Å². The standard InChI is InChI=1S/C16H31NO2/c1-5-6-13(7-8-15(18)19)9-10-17-11-14(12-17)16(2,3)4/h13-14H,5-12H2,1-4H3,(H,18,19). The van der Waals surface area contributed by atoms with Crippen LogP contribution < -0.4 is 0 Å². The number of carbonyl (C=O) groups is 1. The maximum Gasteiger partial charge on any atom is 0.303 e. The second kappa shape index (κ2) is 7.28. The molecule has 1 rings (SSSR count). The highest BCUT2D eigenvalue weighted by atomic mass is 16.4. The summed E-state index contributed by atoms with van der Waals surface area (Å²) < 4.78 is 0. The number of carboxylic acid groups (broad SMARTS) is 1. The van der Waals surface area contributed by atoms with Crippen LogP contribution in [0.5, 0.6) is 0 Å². The van der Waals surface area contributed by atoms with Crippen molar-refractivity contribution in [3.8, 4) is 0 Å². The van der Waals surface area contributed by atoms with Gasteiger partial charge in [-0.25, -0.2) is 0 Å². The summed E-state index contributed by atoms with van der Waals surface area (Å²) in [6.45, 7) is 12.7. The minimum atomic E-state index is -0.655. The molecule has 1 heterocycles. The van der Waals surface area contributed by atoms with Gasteiger partial charge in [-0.2, -0.15) is 0 Å². The van der Waals surface area contributed by atoms with Crippen molar-refractivity contribution in [2.45, 2.75) is 59.8 Å². The maximum absolute atomic E-state index is 10.7. The lowest BCUT2D eigenvalue weighted by molar-refractivity contribution is -0.137. The molecule has 0 amide bonds. The molecule has 0 radical (unpaired) electrons. The molecule has 0 aliphatic carbocycles. The highest BCUT2D eigenvalue weighted by Crippen LogP contribution is 2.34. The van der Waals surface area contributed by atoms with E-state index in [4.69, 9.17) is 5.11 Å². The molecule has 3 nitrogen and oxygen atoms in total. The molecule has 0 bridgehead atoms. The molecule has 19 heavy (non-hydrogen) atoms. The van der Waals surface area contributed by atoms with E-state index in [2.05, 4.69) is 32.6 Å². The van der Waals surface area contributed by atoms with Gasteiger partial charge in [0, 0.05) is 19.5 Å². The SMILES string of the molecule is CCCC(CCC(=O)O)CCN1CC(C(C)(C)C)C1. The fourth-order valence-electron chi connectivity index (χ4n) is 2.83. The molecule has 1 saturated heterocycles. The van der Waals surface area contributed by atoms with Gasteiger partial charge in [-0.1, -0.05) is 40.5 Å². The van der Waals surface area contributed by atoms with Gasteiger partial charge >= 0.3 is 5.97 Å². The van der Waals surface area contributed by atoms with E-state index < -0.39 is 5.97 Å². The first-order valence-corrected chi connectivity index (χ1v) is 7.77. The number of rotatable bonds is 8. The van der Waals surface area contributed by atoms with Crippen LogP contribution in [-0.4, -0.2) is 35.6 Å². The van der Waals surface area contributed by atoms with E-state index in [1.807, 2.05) is 0 Å². The topological polar surface area (TPSA) is 40.5 Å². The summed E-state index contributed by atoms with van der Waals surface area (Å²) >= 11 is 0. The number of carboxylic acids is 1. The van der Waals surface area contributed by atoms with Crippen molar-refractivity contribution in [2.24, 2.45) is 17.3 Å². The largest absolute Gasteiger partial charge is 0.481 e. The minimum Gasteiger partial charge on any atom is -0.481 e. The average Bonchev–Trinajstić information content (AvgIpc) is 2.21. The summed E-state index contributed by atoms with van der Waals surface area (Å²) in [7, 11) is 0. The molecule has 3 heteroatoms. The van der Waals surface area contributed by atoms with Gasteiger partial charge in [0.15, 0.2) is 0 Å². The van der Waals surface area contributed by atoms with E-state index in [9.17, 15) is 4.79 Å². The first-order chi connectivity index (χ1) is 8.82. The number of nitrogens with zero attached hydrogens (tertiary/aromatic N) is 1. The highest BCUT2D eigenvalue weighted by molar-refractivity contribution is 5.66. The third-order valence-corrected chi connectivity index (χ3v) is 4.50. The van der Waals surface area contributed by atoms with E-state index in [0.29, 0.717) is 17.8 Å². The van der Waals surface area contributed by atoms with Gasteiger partial charge in [0.25, 0.3) is 0 Å². The minimum absolute atomic E-state index is 0.329. The third kappa shape index (κ3) is 5.94. The van der Waals surface area contributed by atoms with Gasteiger partial charge < -0.3 is 10.0 Å². The zero-order chi connectivity index (χ0) is 14.5. The van der Waals surface area contributed by atoms with Crippen molar-refractivity contribution < 1.29 is 9.90 Å². The zero-order valence-corrected chi connectivity index (χ0v) is 13.1. The second-order valence-corrected chi connectivity index (χ2v) is 7.20. The molecular formula is C16H31NO2. The lowest BCUT2D eigenvalue weighted by Gasteiger charge is -2.46. The van der Waals surface area contributed by atoms with Crippen LogP contribution in [-0.2, 0) is 4.79 Å². The van der Waals surface area contributed by atoms with Gasteiger partial charge in [0.05, 0.1) is 0 Å². The number of hydrogen-bond donors (Lipinski definition) is 1. The van der Waals surface area contributed by atoms with Crippen molar-refractivity contribution in [1.29, 1.82) is 0 Å². The smallest absolute Gasteiger partial charge is 0.303 e. The summed E-state index contributed by atoms with van der Waals surface area (Å²) in [5, 5.41) is 8.78. The second-order valence-electron chi connectivity index (χ2n) is 7.20. The Labute approximate surface area is 118 Å². The Bertz CT molecular complexity index is 277. The van der Waals surface area contributed by atoms with Crippen LogP contribution in [0.4, 0.5) is 0 Å². The Morgan fingerprint density at radius 3 is 2.37 bits per heavy atom. The van der Waals surface area contributed by atoms with Crippen LogP contribution in [0.1, 0.15) is 59.8 Å². The summed E-state index contributed by atoms with van der Waals surface area (Å²) in [5.41, 5.74) is 0.433. The van der Waals surface area contributed by atoms with Crippen LogP contribution in [0.25, 0.3) is 0 Å². The molecule has 0 aromatic carbocycles. The van der Waals surface area contributed by atoms with Gasteiger partial charge in [-0.3, -0.25) is 4.79 Å². The Kier molecular flexibility index (Phi) is 6.31. The monoisotopic (exact) mass is 269 g/mol. The van der Waals surface area contributed by atoms with Crippen LogP contribution in [0.3, 0.4) is 0 Å². The molecule has 0 spiro atoms. The van der Waals surface area contributed by atoms with Gasteiger partial charge in [-0.05, 0) is 36.6 Å². The van der Waals surface area contributed by atoms with E-state index in [1.165, 1.54) is 19.5 Å². The molecule has 0 aromatic rings. The Morgan fingerprint density at radius 2 is 1.89 bits per heavy atom. The molecule has 1 aliphatic heterocycles. The summed E-state index contributed by atoms with van der Waals surface area (Å²) in [4.78, 5) is 13.2. The predicted octanol–water partition coefficient (Wildman–Crippen LogP) is 3.64. The van der Waals surface area contributed by atoms with Crippen molar-refractivity contribution in [3.63, 3.8) is 0 Å². The van der Waals surface area contributed by atoms with Crippen molar-refractivity contribution in [3.05, 3.63) is 0 Å². The Balaban J connectivity index is 2.20. The lowest BCUT2D eigenvalue weighted by atomic mass is 9.76. The first-order valence-electron chi connectivity index (χ1n) is 7.77. The zero-order valence-electron chi connectivity index (χ0n) is 13.1. The van der Waals surface area contributed by atoms with Crippen LogP contribution in [0.2, 0.25) is 0 Å². The number of aliphatic carboxylic acids is 1. The normalized spacial score (nSPS) is 19.2. The highest BCUT2D eigenvalue weighted by Gasteiger charge is 2.35. The van der Waals surface area contributed by atoms with E-state index in [-0.39, 0.29) is 0 Å². The number of hydrogen-bond acceptors (Lipinski definition) is 2. The van der Waals surface area contributed by atoms with Gasteiger partial charge in [0.2, 0.25) is 0 Å². The molecule has 0 saturated carbocycles. The summed E-state index contributed by atoms with van der Waals surface area (Å²) in [6, 6.07) is 0. The number of likely N-dealkylation sites (tertiary alicyclic amines) is 1. The molecule has 112 valence electrons. The molecule has 1 atom stereocenters. The lowest BCUT2D eigenvalue weighted by Crippen LogP contribution is -2.52. The van der Waals surface area contributed by atoms with E-state index >= 15 is 0 Å². The Hall–Kier alpha value is -0.570. The fraction of sp³-hybridized carbons (Fsp3) is 0.938. The van der Waals surface area contributed by atoms with Crippen molar-refractivity contribution in [1.82, 2.24) is 4.90 Å². The van der Waals surface area contributed by atoms with Crippen molar-refractivity contribution >= 4 is 5.97 Å². The first kappa shape index (κ1) is 16.5. The van der Waals surface area contributed by atoms with E-state index in [0.717, 1.165) is 31.7 Å². The van der Waals surface area contributed by atoms with Crippen LogP contribution in [0.15, 0.2) is 0 Å². The quantitative estimate of drug-likeness (QED) is 0.731. The van der Waals surface area contributed by atoms with Gasteiger partial charge in [-0.15, -0.1) is 0 Å². The van der Waals surface area contributed by atoms with E-state index in [1.54, 1.807) is 0 Å². The maximum atomic E-state index is 10.7.